The summed E-state index contributed by atoms with van der Waals surface area (Å²) in [6, 6.07) is 12.0. The molecule has 0 unspecified atom stereocenters. The predicted octanol–water partition coefficient (Wildman–Crippen LogP) is 3.88. The maximum Gasteiger partial charge on any atom is 0.335 e. The first-order valence-electron chi connectivity index (χ1n) is 6.15. The summed E-state index contributed by atoms with van der Waals surface area (Å²) in [5.41, 5.74) is 3.23. The Morgan fingerprint density at radius 1 is 1.05 bits per heavy atom. The van der Waals surface area contributed by atoms with E-state index in [-0.39, 0.29) is 11.3 Å². The van der Waals surface area contributed by atoms with Gasteiger partial charge in [0.05, 0.1) is 5.56 Å². The zero-order valence-corrected chi connectivity index (χ0v) is 10.9. The van der Waals surface area contributed by atoms with E-state index in [0.29, 0.717) is 5.92 Å². The molecule has 0 amide bonds. The second kappa shape index (κ2) is 5.14. The zero-order valence-electron chi connectivity index (χ0n) is 10.9. The Balaban J connectivity index is 2.51. The van der Waals surface area contributed by atoms with Gasteiger partial charge in [-0.05, 0) is 46.9 Å². The molecule has 2 rings (SSSR count). The summed E-state index contributed by atoms with van der Waals surface area (Å²) in [5, 5.41) is 18.5. The minimum atomic E-state index is -0.938. The van der Waals surface area contributed by atoms with Gasteiger partial charge in [-0.2, -0.15) is 0 Å². The van der Waals surface area contributed by atoms with Crippen LogP contribution in [0.15, 0.2) is 42.5 Å². The first-order chi connectivity index (χ1) is 8.99. The molecule has 2 aromatic rings. The van der Waals surface area contributed by atoms with E-state index in [1.165, 1.54) is 0 Å². The fraction of sp³-hybridized carbons (Fsp3) is 0.188. The number of benzene rings is 2. The molecule has 0 aromatic heterocycles. The number of aromatic hydroxyl groups is 1. The highest BCUT2D eigenvalue weighted by atomic mass is 16.4. The van der Waals surface area contributed by atoms with Crippen LogP contribution >= 0.6 is 0 Å². The van der Waals surface area contributed by atoms with Gasteiger partial charge in [0.15, 0.2) is 0 Å². The van der Waals surface area contributed by atoms with E-state index in [1.54, 1.807) is 36.4 Å². The average Bonchev–Trinajstić information content (AvgIpc) is 2.38. The highest BCUT2D eigenvalue weighted by Crippen LogP contribution is 2.32. The molecule has 3 heteroatoms. The van der Waals surface area contributed by atoms with Crippen molar-refractivity contribution in [2.45, 2.75) is 19.8 Å². The molecule has 19 heavy (non-hydrogen) atoms. The van der Waals surface area contributed by atoms with Crippen molar-refractivity contribution in [2.75, 3.05) is 0 Å². The lowest BCUT2D eigenvalue weighted by Gasteiger charge is -2.13. The summed E-state index contributed by atoms with van der Waals surface area (Å²) >= 11 is 0. The average molecular weight is 256 g/mol. The minimum absolute atomic E-state index is 0.210. The van der Waals surface area contributed by atoms with Crippen LogP contribution in [0.5, 0.6) is 5.75 Å². The molecule has 2 N–H and O–H groups in total. The molecule has 98 valence electrons. The summed E-state index contributed by atoms with van der Waals surface area (Å²) in [6.45, 7) is 4.17. The number of carbonyl (C=O) groups is 1. The Hall–Kier alpha value is -2.29. The quantitative estimate of drug-likeness (QED) is 0.876. The van der Waals surface area contributed by atoms with Gasteiger partial charge in [0.1, 0.15) is 5.75 Å². The normalized spacial score (nSPS) is 10.7. The van der Waals surface area contributed by atoms with Crippen LogP contribution in [0.25, 0.3) is 11.1 Å². The van der Waals surface area contributed by atoms with E-state index in [0.717, 1.165) is 16.7 Å². The van der Waals surface area contributed by atoms with Crippen LogP contribution in [-0.4, -0.2) is 16.2 Å². The summed E-state index contributed by atoms with van der Waals surface area (Å²) in [5.74, 6) is -0.400. The van der Waals surface area contributed by atoms with Crippen LogP contribution in [0.3, 0.4) is 0 Å². The van der Waals surface area contributed by atoms with Gasteiger partial charge in [0.25, 0.3) is 0 Å². The molecule has 2 aromatic carbocycles. The second-order valence-corrected chi connectivity index (χ2v) is 4.81. The molecule has 0 aliphatic rings. The van der Waals surface area contributed by atoms with Crippen LogP contribution < -0.4 is 0 Å². The number of aromatic carboxylic acids is 1. The molecule has 0 atom stereocenters. The molecular formula is C16H16O3. The lowest BCUT2D eigenvalue weighted by molar-refractivity contribution is 0.0697. The Morgan fingerprint density at radius 2 is 1.68 bits per heavy atom. The Bertz CT molecular complexity index is 598. The number of hydrogen-bond acceptors (Lipinski definition) is 2. The van der Waals surface area contributed by atoms with E-state index in [9.17, 15) is 9.90 Å². The number of hydrogen-bond donors (Lipinski definition) is 2. The van der Waals surface area contributed by atoms with E-state index >= 15 is 0 Å². The number of carboxylic acids is 1. The fourth-order valence-electron chi connectivity index (χ4n) is 2.09. The minimum Gasteiger partial charge on any atom is -0.508 e. The maximum absolute atomic E-state index is 10.8. The fourth-order valence-corrected chi connectivity index (χ4v) is 2.09. The van der Waals surface area contributed by atoms with Gasteiger partial charge >= 0.3 is 5.97 Å². The molecule has 0 saturated carbocycles. The van der Waals surface area contributed by atoms with Crippen LogP contribution in [0.4, 0.5) is 0 Å². The van der Waals surface area contributed by atoms with Crippen molar-refractivity contribution in [1.82, 2.24) is 0 Å². The number of phenolic OH excluding ortho intramolecular Hbond substituents is 1. The Labute approximate surface area is 112 Å². The van der Waals surface area contributed by atoms with Crippen LogP contribution in [-0.2, 0) is 0 Å². The van der Waals surface area contributed by atoms with Crippen molar-refractivity contribution in [3.8, 4) is 16.9 Å². The highest BCUT2D eigenvalue weighted by Gasteiger charge is 2.10. The molecule has 0 aliphatic heterocycles. The SMILES string of the molecule is CC(C)c1ccc(O)cc1-c1ccc(C(=O)O)cc1. The van der Waals surface area contributed by atoms with Gasteiger partial charge in [-0.3, -0.25) is 0 Å². The monoisotopic (exact) mass is 256 g/mol. The van der Waals surface area contributed by atoms with E-state index in [2.05, 4.69) is 13.8 Å². The van der Waals surface area contributed by atoms with Crippen LogP contribution in [0, 0.1) is 0 Å². The van der Waals surface area contributed by atoms with E-state index in [4.69, 9.17) is 5.11 Å². The summed E-state index contributed by atoms with van der Waals surface area (Å²) in [4.78, 5) is 10.8. The van der Waals surface area contributed by atoms with Crippen molar-refractivity contribution in [3.63, 3.8) is 0 Å². The number of carboxylic acid groups (broad SMARTS) is 1. The van der Waals surface area contributed by atoms with Crippen molar-refractivity contribution in [3.05, 3.63) is 53.6 Å². The summed E-state index contributed by atoms with van der Waals surface area (Å²) < 4.78 is 0. The molecule has 0 bridgehead atoms. The zero-order chi connectivity index (χ0) is 14.0. The third-order valence-electron chi connectivity index (χ3n) is 3.10. The van der Waals surface area contributed by atoms with Gasteiger partial charge in [0, 0.05) is 0 Å². The highest BCUT2D eigenvalue weighted by molar-refractivity contribution is 5.88. The first-order valence-corrected chi connectivity index (χ1v) is 6.15. The third kappa shape index (κ3) is 2.76. The van der Waals surface area contributed by atoms with Gasteiger partial charge in [0.2, 0.25) is 0 Å². The van der Waals surface area contributed by atoms with Gasteiger partial charge in [-0.15, -0.1) is 0 Å². The van der Waals surface area contributed by atoms with E-state index in [1.807, 2.05) is 6.07 Å². The van der Waals surface area contributed by atoms with E-state index < -0.39 is 5.97 Å². The molecule has 0 radical (unpaired) electrons. The second-order valence-electron chi connectivity index (χ2n) is 4.81. The Morgan fingerprint density at radius 3 is 2.21 bits per heavy atom. The third-order valence-corrected chi connectivity index (χ3v) is 3.10. The van der Waals surface area contributed by atoms with Crippen molar-refractivity contribution >= 4 is 5.97 Å². The molecule has 0 fully saturated rings. The van der Waals surface area contributed by atoms with Gasteiger partial charge in [-0.1, -0.05) is 32.0 Å². The van der Waals surface area contributed by atoms with Gasteiger partial charge in [-0.25, -0.2) is 4.79 Å². The summed E-state index contributed by atoms with van der Waals surface area (Å²) in [7, 11) is 0. The summed E-state index contributed by atoms with van der Waals surface area (Å²) in [6.07, 6.45) is 0. The Kier molecular flexibility index (Phi) is 3.56. The molecule has 0 spiro atoms. The molecule has 0 saturated heterocycles. The molecular weight excluding hydrogens is 240 g/mol. The lowest BCUT2D eigenvalue weighted by atomic mass is 9.92. The topological polar surface area (TPSA) is 57.5 Å². The largest absolute Gasteiger partial charge is 0.508 e. The maximum atomic E-state index is 10.8. The number of rotatable bonds is 3. The van der Waals surface area contributed by atoms with Crippen LogP contribution in [0.2, 0.25) is 0 Å². The standard InChI is InChI=1S/C16H16O3/c1-10(2)14-8-7-13(17)9-15(14)11-3-5-12(6-4-11)16(18)19/h3-10,17H,1-2H3,(H,18,19). The van der Waals surface area contributed by atoms with Crippen molar-refractivity contribution in [1.29, 1.82) is 0 Å². The van der Waals surface area contributed by atoms with Gasteiger partial charge < -0.3 is 10.2 Å². The predicted molar refractivity (Wildman–Crippen MR) is 74.6 cm³/mol. The molecule has 0 heterocycles. The molecule has 3 nitrogen and oxygen atoms in total. The lowest BCUT2D eigenvalue weighted by Crippen LogP contribution is -1.96. The first kappa shape index (κ1) is 13.1. The molecule has 0 aliphatic carbocycles. The van der Waals surface area contributed by atoms with Crippen molar-refractivity contribution in [2.24, 2.45) is 0 Å². The van der Waals surface area contributed by atoms with Crippen LogP contribution in [0.1, 0.15) is 35.7 Å². The van der Waals surface area contributed by atoms with Crippen molar-refractivity contribution < 1.29 is 15.0 Å². The number of phenols is 1. The smallest absolute Gasteiger partial charge is 0.335 e.